The SMILES string of the molecule is CCC(NC(=O)NCCCC(C)C)C(=O)O. The number of urea groups is 1. The Kier molecular flexibility index (Phi) is 7.33. The molecule has 16 heavy (non-hydrogen) atoms. The minimum Gasteiger partial charge on any atom is -0.480 e. The number of carboxylic acids is 1. The molecule has 94 valence electrons. The van der Waals surface area contributed by atoms with Crippen molar-refractivity contribution in [3.8, 4) is 0 Å². The van der Waals surface area contributed by atoms with E-state index in [0.717, 1.165) is 12.8 Å². The maximum atomic E-state index is 11.3. The molecule has 3 N–H and O–H groups in total. The van der Waals surface area contributed by atoms with Gasteiger partial charge in [0.2, 0.25) is 0 Å². The number of carboxylic acid groups (broad SMARTS) is 1. The molecule has 0 aliphatic carbocycles. The molecule has 0 bridgehead atoms. The van der Waals surface area contributed by atoms with Crippen LogP contribution in [0.15, 0.2) is 0 Å². The van der Waals surface area contributed by atoms with E-state index in [4.69, 9.17) is 5.11 Å². The first-order valence-corrected chi connectivity index (χ1v) is 5.74. The van der Waals surface area contributed by atoms with Crippen molar-refractivity contribution in [1.29, 1.82) is 0 Å². The molecule has 1 unspecified atom stereocenters. The quantitative estimate of drug-likeness (QED) is 0.581. The zero-order valence-electron chi connectivity index (χ0n) is 10.2. The van der Waals surface area contributed by atoms with E-state index in [1.165, 1.54) is 0 Å². The maximum Gasteiger partial charge on any atom is 0.326 e. The standard InChI is InChI=1S/C11H22N2O3/c1-4-9(10(14)15)13-11(16)12-7-5-6-8(2)3/h8-9H,4-7H2,1-3H3,(H,14,15)(H2,12,13,16). The van der Waals surface area contributed by atoms with Gasteiger partial charge in [0.05, 0.1) is 0 Å². The summed E-state index contributed by atoms with van der Waals surface area (Å²) in [5.41, 5.74) is 0. The normalized spacial score (nSPS) is 12.2. The van der Waals surface area contributed by atoms with Crippen molar-refractivity contribution in [2.75, 3.05) is 6.54 Å². The van der Waals surface area contributed by atoms with Crippen molar-refractivity contribution >= 4 is 12.0 Å². The monoisotopic (exact) mass is 230 g/mol. The summed E-state index contributed by atoms with van der Waals surface area (Å²) in [6.07, 6.45) is 2.35. The van der Waals surface area contributed by atoms with Gasteiger partial charge in [-0.1, -0.05) is 20.8 Å². The van der Waals surface area contributed by atoms with Gasteiger partial charge in [0.15, 0.2) is 0 Å². The summed E-state index contributed by atoms with van der Waals surface area (Å²) in [6.45, 7) is 6.55. The first-order valence-electron chi connectivity index (χ1n) is 5.74. The molecule has 1 atom stereocenters. The lowest BCUT2D eigenvalue weighted by Crippen LogP contribution is -2.45. The van der Waals surface area contributed by atoms with Gasteiger partial charge in [0.25, 0.3) is 0 Å². The summed E-state index contributed by atoms with van der Waals surface area (Å²) < 4.78 is 0. The van der Waals surface area contributed by atoms with Crippen LogP contribution in [0.25, 0.3) is 0 Å². The third-order valence-electron chi connectivity index (χ3n) is 2.26. The van der Waals surface area contributed by atoms with Gasteiger partial charge in [-0.05, 0) is 25.2 Å². The van der Waals surface area contributed by atoms with E-state index in [9.17, 15) is 9.59 Å². The Bertz CT molecular complexity index is 229. The number of carbonyl (C=O) groups is 2. The molecule has 0 fully saturated rings. The second kappa shape index (κ2) is 7.96. The molecule has 0 spiro atoms. The average Bonchev–Trinajstić information content (AvgIpc) is 2.20. The Morgan fingerprint density at radius 2 is 1.94 bits per heavy atom. The van der Waals surface area contributed by atoms with Crippen LogP contribution in [0.2, 0.25) is 0 Å². The summed E-state index contributed by atoms with van der Waals surface area (Å²) in [5.74, 6) is -0.382. The fourth-order valence-corrected chi connectivity index (χ4v) is 1.26. The Morgan fingerprint density at radius 3 is 2.38 bits per heavy atom. The molecule has 5 nitrogen and oxygen atoms in total. The summed E-state index contributed by atoms with van der Waals surface area (Å²) >= 11 is 0. The number of nitrogens with one attached hydrogen (secondary N) is 2. The minimum atomic E-state index is -1.00. The summed E-state index contributed by atoms with van der Waals surface area (Å²) in [5, 5.41) is 13.8. The van der Waals surface area contributed by atoms with Gasteiger partial charge in [-0.3, -0.25) is 0 Å². The van der Waals surface area contributed by atoms with Crippen LogP contribution in [0.4, 0.5) is 4.79 Å². The average molecular weight is 230 g/mol. The molecule has 0 rings (SSSR count). The third-order valence-corrected chi connectivity index (χ3v) is 2.26. The lowest BCUT2D eigenvalue weighted by molar-refractivity contribution is -0.139. The summed E-state index contributed by atoms with van der Waals surface area (Å²) in [4.78, 5) is 21.9. The van der Waals surface area contributed by atoms with Crippen molar-refractivity contribution in [2.45, 2.75) is 46.1 Å². The Morgan fingerprint density at radius 1 is 1.31 bits per heavy atom. The van der Waals surface area contributed by atoms with Crippen molar-refractivity contribution in [2.24, 2.45) is 5.92 Å². The Hall–Kier alpha value is -1.26. The van der Waals surface area contributed by atoms with Crippen molar-refractivity contribution in [1.82, 2.24) is 10.6 Å². The van der Waals surface area contributed by atoms with Gasteiger partial charge < -0.3 is 15.7 Å². The van der Waals surface area contributed by atoms with Crippen LogP contribution in [0.1, 0.15) is 40.0 Å². The molecule has 2 amide bonds. The maximum absolute atomic E-state index is 11.3. The molecule has 0 heterocycles. The molecule has 0 aromatic carbocycles. The fraction of sp³-hybridized carbons (Fsp3) is 0.818. The molecule has 0 aromatic rings. The topological polar surface area (TPSA) is 78.4 Å². The van der Waals surface area contributed by atoms with Crippen LogP contribution in [-0.4, -0.2) is 29.7 Å². The molecule has 0 aliphatic rings. The highest BCUT2D eigenvalue weighted by Crippen LogP contribution is 2.01. The van der Waals surface area contributed by atoms with Gasteiger partial charge in [-0.25, -0.2) is 9.59 Å². The van der Waals surface area contributed by atoms with E-state index < -0.39 is 18.0 Å². The first kappa shape index (κ1) is 14.7. The van der Waals surface area contributed by atoms with Gasteiger partial charge in [0.1, 0.15) is 6.04 Å². The number of rotatable bonds is 7. The predicted octanol–water partition coefficient (Wildman–Crippen LogP) is 1.58. The predicted molar refractivity (Wildman–Crippen MR) is 62.3 cm³/mol. The van der Waals surface area contributed by atoms with Crippen molar-refractivity contribution in [3.05, 3.63) is 0 Å². The van der Waals surface area contributed by atoms with E-state index in [1.54, 1.807) is 6.92 Å². The second-order valence-electron chi connectivity index (χ2n) is 4.24. The largest absolute Gasteiger partial charge is 0.480 e. The van der Waals surface area contributed by atoms with Crippen LogP contribution in [-0.2, 0) is 4.79 Å². The van der Waals surface area contributed by atoms with Crippen molar-refractivity contribution in [3.63, 3.8) is 0 Å². The number of carbonyl (C=O) groups excluding carboxylic acids is 1. The summed E-state index contributed by atoms with van der Waals surface area (Å²) in [6, 6.07) is -1.21. The van der Waals surface area contributed by atoms with Crippen LogP contribution < -0.4 is 10.6 Å². The molecule has 5 heteroatoms. The van der Waals surface area contributed by atoms with E-state index in [1.807, 2.05) is 0 Å². The number of amides is 2. The van der Waals surface area contributed by atoms with Crippen LogP contribution in [0.5, 0.6) is 0 Å². The Balaban J connectivity index is 3.69. The number of aliphatic carboxylic acids is 1. The third kappa shape index (κ3) is 7.09. The highest BCUT2D eigenvalue weighted by Gasteiger charge is 2.16. The number of hydrogen-bond acceptors (Lipinski definition) is 2. The zero-order chi connectivity index (χ0) is 12.6. The molecule has 0 saturated heterocycles. The highest BCUT2D eigenvalue weighted by molar-refractivity contribution is 5.82. The van der Waals surface area contributed by atoms with Crippen LogP contribution >= 0.6 is 0 Å². The van der Waals surface area contributed by atoms with Crippen molar-refractivity contribution < 1.29 is 14.7 Å². The van der Waals surface area contributed by atoms with Crippen LogP contribution in [0.3, 0.4) is 0 Å². The van der Waals surface area contributed by atoms with Gasteiger partial charge in [-0.2, -0.15) is 0 Å². The zero-order valence-corrected chi connectivity index (χ0v) is 10.2. The van der Waals surface area contributed by atoms with E-state index >= 15 is 0 Å². The lowest BCUT2D eigenvalue weighted by atomic mass is 10.1. The minimum absolute atomic E-state index is 0.384. The molecular formula is C11H22N2O3. The van der Waals surface area contributed by atoms with Gasteiger partial charge >= 0.3 is 12.0 Å². The highest BCUT2D eigenvalue weighted by atomic mass is 16.4. The molecule has 0 aliphatic heterocycles. The van der Waals surface area contributed by atoms with Gasteiger partial charge in [-0.15, -0.1) is 0 Å². The molecular weight excluding hydrogens is 208 g/mol. The molecule has 0 radical (unpaired) electrons. The van der Waals surface area contributed by atoms with E-state index in [-0.39, 0.29) is 0 Å². The second-order valence-corrected chi connectivity index (χ2v) is 4.24. The first-order chi connectivity index (χ1) is 7.47. The Labute approximate surface area is 96.6 Å². The fourth-order valence-electron chi connectivity index (χ4n) is 1.26. The molecule has 0 aromatic heterocycles. The summed E-state index contributed by atoms with van der Waals surface area (Å²) in [7, 11) is 0. The van der Waals surface area contributed by atoms with Crippen LogP contribution in [0, 0.1) is 5.92 Å². The smallest absolute Gasteiger partial charge is 0.326 e. The van der Waals surface area contributed by atoms with Gasteiger partial charge in [0, 0.05) is 6.54 Å². The number of hydrogen-bond donors (Lipinski definition) is 3. The molecule has 0 saturated carbocycles. The van der Waals surface area contributed by atoms with E-state index in [2.05, 4.69) is 24.5 Å². The lowest BCUT2D eigenvalue weighted by Gasteiger charge is -2.13. The van der Waals surface area contributed by atoms with E-state index in [0.29, 0.717) is 18.9 Å².